The number of phenolic OH excluding ortho intramolecular Hbond substituents is 2. The van der Waals surface area contributed by atoms with Crippen molar-refractivity contribution >= 4 is 33.2 Å². The van der Waals surface area contributed by atoms with E-state index in [0.717, 1.165) is 64.1 Å². The lowest BCUT2D eigenvalue weighted by molar-refractivity contribution is -0.114. The molecule has 0 saturated heterocycles. The van der Waals surface area contributed by atoms with Crippen LogP contribution in [0.1, 0.15) is 158 Å². The summed E-state index contributed by atoms with van der Waals surface area (Å²) in [6, 6.07) is 16.8. The topological polar surface area (TPSA) is 152 Å². The Labute approximate surface area is 387 Å². The summed E-state index contributed by atoms with van der Waals surface area (Å²) >= 11 is 0. The van der Waals surface area contributed by atoms with Crippen molar-refractivity contribution in [1.82, 2.24) is 4.98 Å². The highest BCUT2D eigenvalue weighted by molar-refractivity contribution is 8.76. The molecule has 1 aromatic heterocycles. The molecular weight excluding hydrogens is 835 g/mol. The number of rotatable bonds is 7. The van der Waals surface area contributed by atoms with Gasteiger partial charge in [0.25, 0.3) is 0 Å². The third-order valence-corrected chi connectivity index (χ3v) is 17.3. The molecule has 8 bridgehead atoms. The number of carbonyl (C=O) groups is 2. The maximum absolute atomic E-state index is 14.2. The number of Topliss-reactive ketones (excluding diaryl/α,β-unsaturated/α-hetero) is 1. The molecule has 2 fully saturated rings. The largest absolute Gasteiger partial charge is 0.508 e. The molecule has 2 heterocycles. The predicted octanol–water partition coefficient (Wildman–Crippen LogP) is 11.4. The fraction of sp³-hybridized carbons (Fsp3) is 0.481. The third-order valence-electron chi connectivity index (χ3n) is 14.8. The van der Waals surface area contributed by atoms with Gasteiger partial charge in [0.15, 0.2) is 23.1 Å². The molecule has 64 heavy (non-hydrogen) atoms. The van der Waals surface area contributed by atoms with Crippen LogP contribution in [0.5, 0.6) is 17.2 Å². The second kappa shape index (κ2) is 20.4. The molecule has 2 saturated carbocycles. The number of phenols is 2. The number of unbranched alkanes of at least 4 members (excludes halogenated alkanes) is 2. The Morgan fingerprint density at radius 3 is 2.59 bits per heavy atom. The van der Waals surface area contributed by atoms with Crippen molar-refractivity contribution in [2.45, 2.75) is 128 Å². The quantitative estimate of drug-likeness (QED) is 0.0528. The summed E-state index contributed by atoms with van der Waals surface area (Å²) in [5.74, 6) is 9.76. The number of nitrogens with one attached hydrogen (secondary N) is 1. The minimum absolute atomic E-state index is 0.0215. The van der Waals surface area contributed by atoms with Crippen LogP contribution in [0.2, 0.25) is 0 Å². The Balaban J connectivity index is 1.15. The van der Waals surface area contributed by atoms with Crippen molar-refractivity contribution in [3.63, 3.8) is 0 Å². The number of allylic oxidation sites excluding steroid dienone is 2. The smallest absolute Gasteiger partial charge is 0.165 e. The average molecular weight is 900 g/mol. The van der Waals surface area contributed by atoms with Crippen molar-refractivity contribution in [3.8, 4) is 29.1 Å². The van der Waals surface area contributed by atoms with E-state index in [0.29, 0.717) is 60.1 Å². The number of aromatic amines is 1. The Morgan fingerprint density at radius 2 is 1.77 bits per heavy atom. The molecule has 10 heteroatoms. The van der Waals surface area contributed by atoms with Crippen LogP contribution < -0.4 is 16.2 Å². The average Bonchev–Trinajstić information content (AvgIpc) is 3.88. The first-order valence-electron chi connectivity index (χ1n) is 23.5. The van der Waals surface area contributed by atoms with Crippen molar-refractivity contribution in [2.24, 2.45) is 34.1 Å². The zero-order valence-electron chi connectivity index (χ0n) is 37.6. The Kier molecular flexibility index (Phi) is 14.7. The molecule has 3 aromatic carbocycles. The van der Waals surface area contributed by atoms with E-state index in [-0.39, 0.29) is 46.9 Å². The number of aromatic hydroxyl groups is 2. The van der Waals surface area contributed by atoms with Crippen LogP contribution in [0, 0.1) is 34.5 Å². The molecule has 5 atom stereocenters. The van der Waals surface area contributed by atoms with Crippen molar-refractivity contribution in [2.75, 3.05) is 12.4 Å². The molecule has 0 spiro atoms. The molecule has 1 aliphatic heterocycles. The molecule has 4 aromatic rings. The fourth-order valence-corrected chi connectivity index (χ4v) is 14.0. The fourth-order valence-electron chi connectivity index (χ4n) is 11.1. The summed E-state index contributed by atoms with van der Waals surface area (Å²) in [6.45, 7) is 4.96. The van der Waals surface area contributed by atoms with Crippen LogP contribution in [-0.4, -0.2) is 39.1 Å². The number of aromatic nitrogens is 1. The first-order chi connectivity index (χ1) is 30.9. The number of ketones is 2. The van der Waals surface area contributed by atoms with E-state index < -0.39 is 12.1 Å². The summed E-state index contributed by atoms with van der Waals surface area (Å²) in [7, 11) is 3.76. The van der Waals surface area contributed by atoms with Crippen LogP contribution in [0.3, 0.4) is 0 Å². The number of fused-ring (bicyclic) bond motifs is 7. The van der Waals surface area contributed by atoms with Crippen LogP contribution in [-0.2, 0) is 29.8 Å². The van der Waals surface area contributed by atoms with Gasteiger partial charge in [-0.1, -0.05) is 103 Å². The molecule has 8 rings (SSSR count). The Hall–Kier alpha value is -4.40. The highest BCUT2D eigenvalue weighted by atomic mass is 33.1. The minimum Gasteiger partial charge on any atom is -0.508 e. The van der Waals surface area contributed by atoms with Gasteiger partial charge < -0.3 is 31.4 Å². The van der Waals surface area contributed by atoms with Gasteiger partial charge in [0.2, 0.25) is 0 Å². The van der Waals surface area contributed by atoms with Crippen LogP contribution in [0.15, 0.2) is 72.9 Å². The van der Waals surface area contributed by atoms with Crippen LogP contribution in [0.25, 0.3) is 0 Å². The maximum Gasteiger partial charge on any atom is 0.165 e. The van der Waals surface area contributed by atoms with Gasteiger partial charge in [-0.15, -0.1) is 0 Å². The number of carbonyl (C=O) groups excluding carboxylic acids is 2. The number of ether oxygens (including phenoxy) is 1. The number of H-pyrrole nitrogens is 1. The second-order valence-corrected chi connectivity index (χ2v) is 21.8. The number of benzene rings is 3. The summed E-state index contributed by atoms with van der Waals surface area (Å²) in [5, 5.41) is 22.4. The molecule has 8 nitrogen and oxygen atoms in total. The molecule has 0 amide bonds. The third kappa shape index (κ3) is 10.5. The monoisotopic (exact) mass is 899 g/mol. The standard InChI is InChI=1S/C54H65N3O5S2/c1-3-4-5-7-35(2)26-40-16-20-53-22-23-54(40,33-53)21-17-41(58)13-10-36-12-15-49(60)51(28-36)62-25-19-37-11-14-48(59)46(27-37)45-31-50(61)42-18-24-57-47(42)9-6-8-38-29-44(52(55)56)39(30-43(38)45)32-63-64-34-53/h11-12,14-15,17-18,21,24,27-30,35,40,45,52,57,59-60H,3-5,7,9-10,13,16,19-20,22-23,25-26,31-34,55-56H2,1-2H3. The van der Waals surface area contributed by atoms with E-state index in [1.807, 2.05) is 64.1 Å². The van der Waals surface area contributed by atoms with Crippen molar-refractivity contribution in [1.29, 1.82) is 0 Å². The predicted molar refractivity (Wildman–Crippen MR) is 261 cm³/mol. The van der Waals surface area contributed by atoms with E-state index in [4.69, 9.17) is 16.2 Å². The maximum atomic E-state index is 14.2. The van der Waals surface area contributed by atoms with Gasteiger partial charge in [-0.3, -0.25) is 9.59 Å². The summed E-state index contributed by atoms with van der Waals surface area (Å²) in [6.07, 6.45) is 19.3. The van der Waals surface area contributed by atoms with E-state index in [1.54, 1.807) is 18.3 Å². The summed E-state index contributed by atoms with van der Waals surface area (Å²) < 4.78 is 6.19. The Morgan fingerprint density at radius 1 is 0.938 bits per heavy atom. The molecule has 7 N–H and O–H groups in total. The van der Waals surface area contributed by atoms with Gasteiger partial charge in [0.05, 0.1) is 19.2 Å². The number of hydrogen-bond donors (Lipinski definition) is 5. The molecular formula is C54H65N3O5S2. The summed E-state index contributed by atoms with van der Waals surface area (Å²) in [5.41, 5.74) is 20.6. The normalized spacial score (nSPS) is 24.4. The van der Waals surface area contributed by atoms with Gasteiger partial charge in [0.1, 0.15) is 5.75 Å². The SMILES string of the molecule is CCCCCC(C)CC1CCC23CCC1(C=CC(=O)CCc1ccc(O)c(c1)OCCc1ccc(O)c(c1)C1CC(=O)c4cc[nH]c4CC#Cc4cc(C(N)N)c(cc41)CSSC2)C3. The van der Waals surface area contributed by atoms with Crippen LogP contribution >= 0.6 is 21.6 Å². The van der Waals surface area contributed by atoms with E-state index >= 15 is 0 Å². The van der Waals surface area contributed by atoms with Crippen molar-refractivity contribution in [3.05, 3.63) is 123 Å². The number of aryl methyl sites for hydroxylation is 1. The minimum atomic E-state index is -0.728. The second-order valence-electron chi connectivity index (χ2n) is 19.3. The first-order valence-corrected chi connectivity index (χ1v) is 26.0. The van der Waals surface area contributed by atoms with Crippen LogP contribution in [0.4, 0.5) is 0 Å². The molecule has 0 radical (unpaired) electrons. The van der Waals surface area contributed by atoms with Gasteiger partial charge >= 0.3 is 0 Å². The van der Waals surface area contributed by atoms with Crippen molar-refractivity contribution < 1.29 is 24.5 Å². The van der Waals surface area contributed by atoms with Gasteiger partial charge in [-0.25, -0.2) is 0 Å². The van der Waals surface area contributed by atoms with Gasteiger partial charge in [-0.2, -0.15) is 0 Å². The van der Waals surface area contributed by atoms with Gasteiger partial charge in [0, 0.05) is 65.3 Å². The lowest BCUT2D eigenvalue weighted by atomic mass is 9.61. The lowest BCUT2D eigenvalue weighted by Gasteiger charge is -2.45. The molecule has 5 unspecified atom stereocenters. The van der Waals surface area contributed by atoms with E-state index in [1.165, 1.54) is 44.9 Å². The first kappa shape index (κ1) is 46.1. The number of hydrogen-bond acceptors (Lipinski definition) is 9. The molecule has 3 aliphatic carbocycles. The lowest BCUT2D eigenvalue weighted by Crippen LogP contribution is -2.36. The zero-order chi connectivity index (χ0) is 44.8. The van der Waals surface area contributed by atoms with Gasteiger partial charge in [-0.05, 0) is 132 Å². The molecule has 338 valence electrons. The van der Waals surface area contributed by atoms with E-state index in [2.05, 4.69) is 42.8 Å². The zero-order valence-corrected chi connectivity index (χ0v) is 39.2. The highest BCUT2D eigenvalue weighted by Gasteiger charge is 2.54. The molecule has 4 aliphatic rings. The summed E-state index contributed by atoms with van der Waals surface area (Å²) in [4.78, 5) is 31.1. The highest BCUT2D eigenvalue weighted by Crippen LogP contribution is 2.64. The van der Waals surface area contributed by atoms with E-state index in [9.17, 15) is 19.8 Å². The number of nitrogens with two attached hydrogens (primary N) is 2. The Bertz CT molecular complexity index is 2430.